The Morgan fingerprint density at radius 2 is 1.96 bits per heavy atom. The number of thiocarbonyl (C=S) groups is 1. The number of benzene rings is 1. The Labute approximate surface area is 171 Å². The van der Waals surface area contributed by atoms with Gasteiger partial charge in [-0.05, 0) is 44.1 Å². The van der Waals surface area contributed by atoms with Crippen molar-refractivity contribution in [3.63, 3.8) is 0 Å². The number of nitrogens with zero attached hydrogens (tertiary/aromatic N) is 2. The van der Waals surface area contributed by atoms with Crippen molar-refractivity contribution in [2.75, 3.05) is 20.3 Å². The molecule has 1 heterocycles. The molecule has 0 spiro atoms. The molecule has 0 N–H and O–H groups in total. The van der Waals surface area contributed by atoms with E-state index in [-0.39, 0.29) is 18.6 Å². The van der Waals surface area contributed by atoms with Crippen LogP contribution in [0, 0.1) is 0 Å². The predicted octanol–water partition coefficient (Wildman–Crippen LogP) is 3.36. The summed E-state index contributed by atoms with van der Waals surface area (Å²) in [5.74, 6) is 0.0227. The van der Waals surface area contributed by atoms with Gasteiger partial charge < -0.3 is 14.4 Å². The second-order valence-corrected chi connectivity index (χ2v) is 7.33. The highest BCUT2D eigenvalue weighted by Crippen LogP contribution is 2.31. The van der Waals surface area contributed by atoms with Crippen molar-refractivity contribution in [1.29, 1.82) is 0 Å². The molecular weight excluding hydrogens is 376 g/mol. The fourth-order valence-corrected chi connectivity index (χ4v) is 3.99. The van der Waals surface area contributed by atoms with Crippen LogP contribution in [-0.4, -0.2) is 53.1 Å². The summed E-state index contributed by atoms with van der Waals surface area (Å²) in [5, 5.41) is 0.549. The van der Waals surface area contributed by atoms with Gasteiger partial charge in [-0.25, -0.2) is 4.79 Å². The van der Waals surface area contributed by atoms with Gasteiger partial charge in [0, 0.05) is 18.7 Å². The number of hydrogen-bond acceptors (Lipinski definition) is 5. The van der Waals surface area contributed by atoms with E-state index in [2.05, 4.69) is 0 Å². The summed E-state index contributed by atoms with van der Waals surface area (Å²) in [6.45, 7) is 1.88. The molecule has 0 bridgehead atoms. The topological polar surface area (TPSA) is 59.1 Å². The number of rotatable bonds is 6. The fourth-order valence-electron chi connectivity index (χ4n) is 3.66. The summed E-state index contributed by atoms with van der Waals surface area (Å²) in [6.07, 6.45) is 7.24. The lowest BCUT2D eigenvalue weighted by Crippen LogP contribution is -2.41. The summed E-state index contributed by atoms with van der Waals surface area (Å²) in [5.41, 5.74) is 1.23. The van der Waals surface area contributed by atoms with E-state index in [0.717, 1.165) is 31.2 Å². The van der Waals surface area contributed by atoms with Crippen LogP contribution in [0.15, 0.2) is 30.0 Å². The van der Waals surface area contributed by atoms with Gasteiger partial charge in [0.25, 0.3) is 5.91 Å². The summed E-state index contributed by atoms with van der Waals surface area (Å²) in [6, 6.07) is 7.47. The van der Waals surface area contributed by atoms with Gasteiger partial charge in [-0.1, -0.05) is 37.5 Å². The Kier molecular flexibility index (Phi) is 6.67. The third-order valence-corrected chi connectivity index (χ3v) is 5.56. The highest BCUT2D eigenvalue weighted by molar-refractivity contribution is 7.80. The van der Waals surface area contributed by atoms with Gasteiger partial charge in [0.2, 0.25) is 0 Å². The summed E-state index contributed by atoms with van der Waals surface area (Å²) in [4.78, 5) is 28.2. The van der Waals surface area contributed by atoms with Crippen LogP contribution in [0.1, 0.15) is 44.6 Å². The minimum Gasteiger partial charge on any atom is -0.481 e. The van der Waals surface area contributed by atoms with Crippen molar-refractivity contribution >= 4 is 35.3 Å². The first kappa shape index (κ1) is 20.3. The molecule has 28 heavy (non-hydrogen) atoms. The first-order valence-corrected chi connectivity index (χ1v) is 10.1. The average molecular weight is 403 g/mol. The van der Waals surface area contributed by atoms with Gasteiger partial charge in [-0.3, -0.25) is 9.69 Å². The van der Waals surface area contributed by atoms with E-state index in [1.54, 1.807) is 28.9 Å². The molecule has 0 aromatic heterocycles. The van der Waals surface area contributed by atoms with E-state index < -0.39 is 5.97 Å². The van der Waals surface area contributed by atoms with Gasteiger partial charge in [0.1, 0.15) is 11.4 Å². The smallest absolute Gasteiger partial charge is 0.344 e. The molecule has 2 aliphatic rings. The Morgan fingerprint density at radius 1 is 1.25 bits per heavy atom. The Bertz CT molecular complexity index is 786. The molecule has 1 amide bonds. The quantitative estimate of drug-likeness (QED) is 0.413. The number of hydrogen-bond donors (Lipinski definition) is 0. The molecule has 1 aliphatic heterocycles. The molecule has 1 aromatic carbocycles. The van der Waals surface area contributed by atoms with Crippen molar-refractivity contribution in [1.82, 2.24) is 9.80 Å². The van der Waals surface area contributed by atoms with Crippen molar-refractivity contribution < 1.29 is 19.1 Å². The molecular formula is C21H26N2O4S. The number of para-hydroxylation sites is 1. The third kappa shape index (κ3) is 4.35. The first-order chi connectivity index (χ1) is 13.5. The molecule has 1 aliphatic carbocycles. The molecule has 1 saturated heterocycles. The van der Waals surface area contributed by atoms with Crippen LogP contribution in [0.25, 0.3) is 6.08 Å². The number of esters is 1. The zero-order chi connectivity index (χ0) is 20.1. The number of ether oxygens (including phenoxy) is 2. The zero-order valence-electron chi connectivity index (χ0n) is 16.3. The van der Waals surface area contributed by atoms with Crippen LogP contribution >= 0.6 is 12.2 Å². The second kappa shape index (κ2) is 9.19. The molecule has 2 fully saturated rings. The van der Waals surface area contributed by atoms with Gasteiger partial charge >= 0.3 is 5.97 Å². The molecule has 3 rings (SSSR count). The summed E-state index contributed by atoms with van der Waals surface area (Å²) < 4.78 is 10.5. The minimum absolute atomic E-state index is 0.0698. The molecule has 7 heteroatoms. The van der Waals surface area contributed by atoms with Crippen molar-refractivity contribution in [3.8, 4) is 5.75 Å². The van der Waals surface area contributed by atoms with Crippen molar-refractivity contribution in [2.24, 2.45) is 0 Å². The lowest BCUT2D eigenvalue weighted by atomic mass is 9.94. The van der Waals surface area contributed by atoms with Gasteiger partial charge in [0.15, 0.2) is 11.7 Å². The number of amides is 1. The van der Waals surface area contributed by atoms with E-state index in [4.69, 9.17) is 21.7 Å². The second-order valence-electron chi connectivity index (χ2n) is 6.97. The largest absolute Gasteiger partial charge is 0.481 e. The van der Waals surface area contributed by atoms with E-state index >= 15 is 0 Å². The highest BCUT2D eigenvalue weighted by atomic mass is 32.1. The lowest BCUT2D eigenvalue weighted by molar-refractivity contribution is -0.145. The van der Waals surface area contributed by atoms with Crippen LogP contribution in [0.5, 0.6) is 5.75 Å². The lowest BCUT2D eigenvalue weighted by Gasteiger charge is -2.30. The first-order valence-electron chi connectivity index (χ1n) is 9.73. The fraction of sp³-hybridized carbons (Fsp3) is 0.476. The van der Waals surface area contributed by atoms with Gasteiger partial charge in [0.05, 0.1) is 6.61 Å². The maximum atomic E-state index is 13.1. The monoisotopic (exact) mass is 402 g/mol. The molecule has 6 nitrogen and oxygen atoms in total. The molecule has 0 atom stereocenters. The Hall–Kier alpha value is -2.41. The Balaban J connectivity index is 1.81. The number of likely N-dealkylation sites (N-methyl/N-ethyl adjacent to an activating group) is 1. The molecule has 0 unspecified atom stereocenters. The van der Waals surface area contributed by atoms with Crippen LogP contribution < -0.4 is 4.74 Å². The molecule has 0 radical (unpaired) electrons. The summed E-state index contributed by atoms with van der Waals surface area (Å²) >= 11 is 5.56. The maximum Gasteiger partial charge on any atom is 0.344 e. The van der Waals surface area contributed by atoms with E-state index in [9.17, 15) is 9.59 Å². The minimum atomic E-state index is -0.427. The highest BCUT2D eigenvalue weighted by Gasteiger charge is 2.40. The SMILES string of the molecule is CCOC(=O)COc1ccccc1C=C1C(=O)N(C2CCCCC2)C(=S)N1C. The van der Waals surface area contributed by atoms with Gasteiger partial charge in [-0.2, -0.15) is 0 Å². The Morgan fingerprint density at radius 3 is 2.68 bits per heavy atom. The standard InChI is InChI=1S/C21H26N2O4S/c1-3-26-19(24)14-27-18-12-8-7-9-15(18)13-17-20(25)23(21(28)22(17)2)16-10-5-4-6-11-16/h7-9,12-13,16H,3-6,10-11,14H2,1-2H3. The normalized spacial score (nSPS) is 19.4. The van der Waals surface area contributed by atoms with Crippen molar-refractivity contribution in [2.45, 2.75) is 45.1 Å². The zero-order valence-corrected chi connectivity index (χ0v) is 17.2. The van der Waals surface area contributed by atoms with E-state index in [0.29, 0.717) is 23.2 Å². The third-order valence-electron chi connectivity index (χ3n) is 5.09. The van der Waals surface area contributed by atoms with Crippen LogP contribution in [0.3, 0.4) is 0 Å². The molecule has 150 valence electrons. The molecule has 1 aromatic rings. The number of carbonyl (C=O) groups excluding carboxylic acids is 2. The number of carbonyl (C=O) groups is 2. The van der Waals surface area contributed by atoms with Crippen LogP contribution in [0.4, 0.5) is 0 Å². The average Bonchev–Trinajstić information content (AvgIpc) is 2.91. The van der Waals surface area contributed by atoms with Gasteiger partial charge in [-0.15, -0.1) is 0 Å². The van der Waals surface area contributed by atoms with Crippen LogP contribution in [0.2, 0.25) is 0 Å². The maximum absolute atomic E-state index is 13.1. The van der Waals surface area contributed by atoms with E-state index in [1.807, 2.05) is 25.2 Å². The van der Waals surface area contributed by atoms with E-state index in [1.165, 1.54) is 6.42 Å². The van der Waals surface area contributed by atoms with Crippen LogP contribution in [-0.2, 0) is 14.3 Å². The van der Waals surface area contributed by atoms with Crippen molar-refractivity contribution in [3.05, 3.63) is 35.5 Å². The predicted molar refractivity (Wildman–Crippen MR) is 111 cm³/mol. The molecule has 1 saturated carbocycles. The summed E-state index contributed by atoms with van der Waals surface area (Å²) in [7, 11) is 1.82.